The van der Waals surface area contributed by atoms with E-state index in [4.69, 9.17) is 41.1 Å². The van der Waals surface area contributed by atoms with E-state index in [2.05, 4.69) is 23.8 Å². The molecular weight excluding hydrogens is 909 g/mol. The first-order chi connectivity index (χ1) is 30.0. The monoisotopic (exact) mass is 978 g/mol. The fraction of sp³-hybridized carbons (Fsp3) is 0.690. The van der Waals surface area contributed by atoms with Crippen LogP contribution in [0, 0.1) is 0 Å². The van der Waals surface area contributed by atoms with E-state index >= 15 is 0 Å². The van der Waals surface area contributed by atoms with Gasteiger partial charge in [0.25, 0.3) is 11.8 Å². The summed E-state index contributed by atoms with van der Waals surface area (Å²) in [4.78, 5) is 53.7. The molecule has 2 aliphatic rings. The van der Waals surface area contributed by atoms with Gasteiger partial charge in [0.1, 0.15) is 13.2 Å². The Bertz CT molecular complexity index is 1530. The lowest BCUT2D eigenvalue weighted by atomic mass is 9.97. The first-order valence-corrected chi connectivity index (χ1v) is 29.9. The maximum atomic E-state index is 14.1. The van der Waals surface area contributed by atoms with Gasteiger partial charge in [0.05, 0.1) is 17.7 Å². The summed E-state index contributed by atoms with van der Waals surface area (Å²) in [6, 6.07) is 3.95. The third-order valence-electron chi connectivity index (χ3n) is 9.25. The maximum absolute atomic E-state index is 14.1. The summed E-state index contributed by atoms with van der Waals surface area (Å²) < 4.78 is 41.9. The molecule has 3 rings (SSSR count). The van der Waals surface area contributed by atoms with Crippen molar-refractivity contribution in [1.82, 2.24) is 10.6 Å². The number of nitrogens with one attached hydrogen (secondary N) is 2. The van der Waals surface area contributed by atoms with E-state index in [9.17, 15) is 14.4 Å². The van der Waals surface area contributed by atoms with Crippen LogP contribution in [-0.2, 0) is 47.7 Å². The van der Waals surface area contributed by atoms with E-state index in [-0.39, 0.29) is 53.5 Å². The van der Waals surface area contributed by atoms with Gasteiger partial charge in [-0.25, -0.2) is 14.6 Å². The number of hydrogen-bond acceptors (Lipinski definition) is 16. The Hall–Kier alpha value is -1.38. The molecule has 0 bridgehead atoms. The van der Waals surface area contributed by atoms with Gasteiger partial charge in [0.2, 0.25) is 0 Å². The van der Waals surface area contributed by atoms with E-state index in [0.717, 1.165) is 40.1 Å². The van der Waals surface area contributed by atoms with Crippen molar-refractivity contribution in [2.45, 2.75) is 83.6 Å². The Labute approximate surface area is 389 Å². The molecule has 14 nitrogen and oxygen atoms in total. The average Bonchev–Trinajstić information content (AvgIpc) is 3.60. The highest BCUT2D eigenvalue weighted by atomic mass is 32.2. The molecule has 352 valence electrons. The van der Waals surface area contributed by atoms with Gasteiger partial charge in [-0.15, -0.1) is 11.8 Å². The lowest BCUT2D eigenvalue weighted by Crippen LogP contribution is -2.46. The minimum atomic E-state index is -2.96. The van der Waals surface area contributed by atoms with Crippen LogP contribution in [0.25, 0.3) is 0 Å². The van der Waals surface area contributed by atoms with Crippen molar-refractivity contribution >= 4 is 82.4 Å². The molecule has 2 fully saturated rings. The Balaban J connectivity index is 1.92. The van der Waals surface area contributed by atoms with Gasteiger partial charge in [-0.3, -0.25) is 9.59 Å². The molecule has 20 heteroatoms. The Morgan fingerprint density at radius 2 is 1.06 bits per heavy atom. The molecule has 2 N–H and O–H groups in total. The molecule has 1 aromatic rings. The van der Waals surface area contributed by atoms with Crippen LogP contribution in [0.1, 0.15) is 91.0 Å². The first kappa shape index (κ1) is 55.0. The zero-order chi connectivity index (χ0) is 45.2. The summed E-state index contributed by atoms with van der Waals surface area (Å²) in [6.07, 6.45) is 1.02. The number of rotatable bonds is 30. The van der Waals surface area contributed by atoms with Crippen molar-refractivity contribution in [1.29, 1.82) is 0 Å². The lowest BCUT2D eigenvalue weighted by Gasteiger charge is -2.28. The van der Waals surface area contributed by atoms with E-state index in [0.29, 0.717) is 76.7 Å². The fourth-order valence-electron chi connectivity index (χ4n) is 6.53. The lowest BCUT2D eigenvalue weighted by molar-refractivity contribution is -0.302. The standard InChI is InChI=1S/C42H70N2O12S4Si2/c1-9-51-61(52-10-2,53-11-3)19-15-17-43-40(45)37-22-38(41(46)44-18-16-20-62(54-12-4,55-13-5)56-14-6)39(42(47)48-24-35-30-57-26-32(7)28-59-35)21-34(37)23-49-50-25-36-31-58-27-33(8)29-60-36/h21-22,35-36H,7-20,23-31H2,1-6H3,(H,43,45)(H,44,46). The van der Waals surface area contributed by atoms with Gasteiger partial charge in [-0.1, -0.05) is 24.3 Å². The van der Waals surface area contributed by atoms with Crippen molar-refractivity contribution in [3.63, 3.8) is 0 Å². The van der Waals surface area contributed by atoms with Crippen molar-refractivity contribution < 1.29 is 55.5 Å². The molecule has 2 amide bonds. The summed E-state index contributed by atoms with van der Waals surface area (Å²) in [7, 11) is -5.90. The summed E-state index contributed by atoms with van der Waals surface area (Å²) in [5.74, 6) is 3.44. The van der Waals surface area contributed by atoms with Crippen LogP contribution in [0.3, 0.4) is 0 Å². The second-order valence-electron chi connectivity index (χ2n) is 14.3. The number of thioether (sulfide) groups is 4. The van der Waals surface area contributed by atoms with E-state index in [1.54, 1.807) is 35.3 Å². The van der Waals surface area contributed by atoms with Gasteiger partial charge in [-0.2, -0.15) is 35.3 Å². The highest BCUT2D eigenvalue weighted by Gasteiger charge is 2.41. The topological polar surface area (TPSA) is 158 Å². The van der Waals surface area contributed by atoms with Crippen LogP contribution in [0.4, 0.5) is 0 Å². The first-order valence-electron chi connectivity index (χ1n) is 21.7. The summed E-state index contributed by atoms with van der Waals surface area (Å²) in [5.41, 5.74) is 2.87. The zero-order valence-corrected chi connectivity index (χ0v) is 42.9. The Morgan fingerprint density at radius 1 is 0.613 bits per heavy atom. The SMILES string of the molecule is C=C1CSCC(COOCc2cc(C(=O)OCC3CSCC(=C)CS3)c(C(=O)NCCC[Si](OCC)(OCC)OCC)cc2C(=O)NCCC[Si](OCC)(OCC)OCC)SC1. The fourth-order valence-corrected chi connectivity index (χ4v) is 16.6. The van der Waals surface area contributed by atoms with Crippen LogP contribution < -0.4 is 10.6 Å². The normalized spacial score (nSPS) is 17.6. The van der Waals surface area contributed by atoms with Crippen LogP contribution in [0.2, 0.25) is 12.1 Å². The highest BCUT2D eigenvalue weighted by Crippen LogP contribution is 2.29. The third-order valence-corrected chi connectivity index (χ3v) is 21.2. The number of benzene rings is 1. The van der Waals surface area contributed by atoms with E-state index in [1.165, 1.54) is 17.7 Å². The van der Waals surface area contributed by atoms with Gasteiger partial charge in [0.15, 0.2) is 0 Å². The predicted octanol–water partition coefficient (Wildman–Crippen LogP) is 7.44. The van der Waals surface area contributed by atoms with Crippen LogP contribution in [-0.4, -0.2) is 146 Å². The zero-order valence-electron chi connectivity index (χ0n) is 37.6. The minimum absolute atomic E-state index is 0.00611. The van der Waals surface area contributed by atoms with Crippen LogP contribution in [0.5, 0.6) is 0 Å². The van der Waals surface area contributed by atoms with Crippen LogP contribution >= 0.6 is 47.0 Å². The van der Waals surface area contributed by atoms with Gasteiger partial charge < -0.3 is 41.9 Å². The average molecular weight is 979 g/mol. The van der Waals surface area contributed by atoms with Gasteiger partial charge in [0, 0.05) is 115 Å². The Morgan fingerprint density at radius 3 is 1.53 bits per heavy atom. The molecule has 62 heavy (non-hydrogen) atoms. The molecule has 0 spiro atoms. The van der Waals surface area contributed by atoms with Crippen LogP contribution in [0.15, 0.2) is 36.4 Å². The van der Waals surface area contributed by atoms with Crippen molar-refractivity contribution in [2.75, 3.05) is 100 Å². The largest absolute Gasteiger partial charge is 0.500 e. The van der Waals surface area contributed by atoms with Gasteiger partial charge >= 0.3 is 23.6 Å². The molecule has 0 aliphatic carbocycles. The van der Waals surface area contributed by atoms with Crippen molar-refractivity contribution in [3.05, 3.63) is 58.7 Å². The molecule has 2 atom stereocenters. The van der Waals surface area contributed by atoms with Gasteiger partial charge in [-0.05, 0) is 72.1 Å². The second-order valence-corrected chi connectivity index (χ2v) is 24.4. The molecule has 2 unspecified atom stereocenters. The molecular formula is C42H70N2O12S4Si2. The van der Waals surface area contributed by atoms with E-state index < -0.39 is 35.4 Å². The Kier molecular flexibility index (Phi) is 27.3. The number of ether oxygens (including phenoxy) is 1. The number of hydrogen-bond donors (Lipinski definition) is 2. The highest BCUT2D eigenvalue weighted by molar-refractivity contribution is 8.04. The summed E-state index contributed by atoms with van der Waals surface area (Å²) >= 11 is 7.03. The third kappa shape index (κ3) is 19.2. The number of esters is 1. The van der Waals surface area contributed by atoms with E-state index in [1.807, 2.05) is 53.3 Å². The molecule has 2 aliphatic heterocycles. The predicted molar refractivity (Wildman–Crippen MR) is 258 cm³/mol. The summed E-state index contributed by atoms with van der Waals surface area (Å²) in [6.45, 7) is 23.1. The maximum Gasteiger partial charge on any atom is 0.500 e. The molecule has 1 aromatic carbocycles. The number of carbonyl (C=O) groups is 3. The molecule has 2 heterocycles. The molecule has 0 saturated carbocycles. The summed E-state index contributed by atoms with van der Waals surface area (Å²) in [5, 5.41) is 6.20. The second kappa shape index (κ2) is 30.8. The van der Waals surface area contributed by atoms with Crippen molar-refractivity contribution in [2.24, 2.45) is 0 Å². The minimum Gasteiger partial charge on any atom is -0.461 e. The number of amides is 2. The number of carbonyl (C=O) groups excluding carboxylic acids is 3. The molecule has 2 saturated heterocycles. The molecule has 0 aromatic heterocycles. The molecule has 0 radical (unpaired) electrons. The van der Waals surface area contributed by atoms with Crippen molar-refractivity contribution in [3.8, 4) is 0 Å². The quantitative estimate of drug-likeness (QED) is 0.0196. The smallest absolute Gasteiger partial charge is 0.461 e.